The highest BCUT2D eigenvalue weighted by Crippen LogP contribution is 2.02. The van der Waals surface area contributed by atoms with Crippen molar-refractivity contribution in [3.63, 3.8) is 0 Å². The van der Waals surface area contributed by atoms with Crippen LogP contribution in [-0.4, -0.2) is 15.3 Å². The van der Waals surface area contributed by atoms with Crippen LogP contribution in [-0.2, 0) is 6.54 Å². The highest BCUT2D eigenvalue weighted by Gasteiger charge is 1.95. The van der Waals surface area contributed by atoms with Crippen molar-refractivity contribution in [2.24, 2.45) is 0 Å². The summed E-state index contributed by atoms with van der Waals surface area (Å²) in [6.07, 6.45) is 5.05. The van der Waals surface area contributed by atoms with Crippen LogP contribution in [0.3, 0.4) is 0 Å². The molecule has 0 fully saturated rings. The van der Waals surface area contributed by atoms with E-state index < -0.39 is 0 Å². The van der Waals surface area contributed by atoms with E-state index >= 15 is 0 Å². The van der Waals surface area contributed by atoms with Gasteiger partial charge in [-0.1, -0.05) is 11.2 Å². The summed E-state index contributed by atoms with van der Waals surface area (Å²) in [6, 6.07) is 3.87. The van der Waals surface area contributed by atoms with Crippen molar-refractivity contribution >= 4 is 5.82 Å². The Bertz CT molecular complexity index is 346. The van der Waals surface area contributed by atoms with E-state index in [1.807, 2.05) is 12.1 Å². The topological polar surface area (TPSA) is 63.8 Å². The van der Waals surface area contributed by atoms with E-state index in [0.717, 1.165) is 5.56 Å². The lowest BCUT2D eigenvalue weighted by molar-refractivity contribution is 0.308. The Hall–Kier alpha value is -1.91. The van der Waals surface area contributed by atoms with E-state index in [1.54, 1.807) is 12.4 Å². The zero-order chi connectivity index (χ0) is 8.93. The molecule has 0 aliphatic carbocycles. The Balaban J connectivity index is 1.94. The van der Waals surface area contributed by atoms with Crippen molar-refractivity contribution in [1.82, 2.24) is 15.3 Å². The highest BCUT2D eigenvalue weighted by atomic mass is 16.6. The van der Waals surface area contributed by atoms with Gasteiger partial charge in [-0.3, -0.25) is 4.98 Å². The third-order valence-electron chi connectivity index (χ3n) is 1.56. The fourth-order valence-corrected chi connectivity index (χ4v) is 0.938. The SMILES string of the molecule is c1cncc(CNc2cnon2)c1. The Kier molecular flexibility index (Phi) is 2.18. The van der Waals surface area contributed by atoms with Gasteiger partial charge in [-0.05, 0) is 16.8 Å². The van der Waals surface area contributed by atoms with E-state index in [1.165, 1.54) is 6.20 Å². The number of pyridine rings is 1. The first-order valence-corrected chi connectivity index (χ1v) is 3.85. The monoisotopic (exact) mass is 176 g/mol. The van der Waals surface area contributed by atoms with Crippen molar-refractivity contribution in [2.45, 2.75) is 6.54 Å². The molecule has 0 saturated carbocycles. The second kappa shape index (κ2) is 3.66. The second-order valence-corrected chi connectivity index (χ2v) is 2.51. The lowest BCUT2D eigenvalue weighted by Crippen LogP contribution is -1.99. The maximum Gasteiger partial charge on any atom is 0.191 e. The van der Waals surface area contributed by atoms with Crippen molar-refractivity contribution in [3.05, 3.63) is 36.3 Å². The molecular formula is C8H8N4O. The fourth-order valence-electron chi connectivity index (χ4n) is 0.938. The largest absolute Gasteiger partial charge is 0.362 e. The van der Waals surface area contributed by atoms with Crippen LogP contribution >= 0.6 is 0 Å². The lowest BCUT2D eigenvalue weighted by atomic mass is 10.3. The van der Waals surface area contributed by atoms with Crippen molar-refractivity contribution in [2.75, 3.05) is 5.32 Å². The van der Waals surface area contributed by atoms with Crippen molar-refractivity contribution in [3.8, 4) is 0 Å². The summed E-state index contributed by atoms with van der Waals surface area (Å²) in [6.45, 7) is 0.669. The van der Waals surface area contributed by atoms with Gasteiger partial charge in [0.2, 0.25) is 0 Å². The van der Waals surface area contributed by atoms with Crippen LogP contribution in [0.2, 0.25) is 0 Å². The Labute approximate surface area is 74.8 Å². The molecule has 2 heterocycles. The first-order chi connectivity index (χ1) is 6.45. The molecule has 5 nitrogen and oxygen atoms in total. The predicted octanol–water partition coefficient (Wildman–Crippen LogP) is 1.08. The van der Waals surface area contributed by atoms with Gasteiger partial charge in [-0.25, -0.2) is 4.63 Å². The number of nitrogens with one attached hydrogen (secondary N) is 1. The summed E-state index contributed by atoms with van der Waals surface area (Å²) < 4.78 is 4.42. The van der Waals surface area contributed by atoms with Crippen LogP contribution in [0.15, 0.2) is 35.4 Å². The fraction of sp³-hybridized carbons (Fsp3) is 0.125. The number of nitrogens with zero attached hydrogens (tertiary/aromatic N) is 3. The third kappa shape index (κ3) is 2.02. The molecule has 0 unspecified atom stereocenters. The summed E-state index contributed by atoms with van der Waals surface area (Å²) >= 11 is 0. The second-order valence-electron chi connectivity index (χ2n) is 2.51. The summed E-state index contributed by atoms with van der Waals surface area (Å²) in [4.78, 5) is 3.99. The zero-order valence-electron chi connectivity index (χ0n) is 6.84. The van der Waals surface area contributed by atoms with Gasteiger partial charge in [-0.15, -0.1) is 0 Å². The van der Waals surface area contributed by atoms with Crippen molar-refractivity contribution < 1.29 is 4.63 Å². The van der Waals surface area contributed by atoms with E-state index in [4.69, 9.17) is 0 Å². The first-order valence-electron chi connectivity index (χ1n) is 3.85. The molecule has 2 aromatic heterocycles. The van der Waals surface area contributed by atoms with Crippen LogP contribution in [0, 0.1) is 0 Å². The van der Waals surface area contributed by atoms with Gasteiger partial charge in [0.15, 0.2) is 5.82 Å². The summed E-state index contributed by atoms with van der Waals surface area (Å²) in [7, 11) is 0. The number of hydrogen-bond donors (Lipinski definition) is 1. The van der Waals surface area contributed by atoms with Gasteiger partial charge >= 0.3 is 0 Å². The number of hydrogen-bond acceptors (Lipinski definition) is 5. The van der Waals surface area contributed by atoms with Gasteiger partial charge in [-0.2, -0.15) is 0 Å². The average Bonchev–Trinajstić information content (AvgIpc) is 2.69. The van der Waals surface area contributed by atoms with E-state index in [-0.39, 0.29) is 0 Å². The van der Waals surface area contributed by atoms with E-state index in [0.29, 0.717) is 12.4 Å². The molecule has 0 amide bonds. The van der Waals surface area contributed by atoms with E-state index in [9.17, 15) is 0 Å². The molecule has 1 N–H and O–H groups in total. The number of rotatable bonds is 3. The number of anilines is 1. The van der Waals surface area contributed by atoms with Gasteiger partial charge in [0, 0.05) is 18.9 Å². The Morgan fingerprint density at radius 2 is 2.38 bits per heavy atom. The minimum atomic E-state index is 0.629. The van der Waals surface area contributed by atoms with E-state index in [2.05, 4.69) is 25.2 Å². The molecule has 66 valence electrons. The predicted molar refractivity (Wildman–Crippen MR) is 45.9 cm³/mol. The summed E-state index contributed by atoms with van der Waals surface area (Å²) in [5.74, 6) is 0.629. The molecular weight excluding hydrogens is 168 g/mol. The molecule has 0 radical (unpaired) electrons. The minimum Gasteiger partial charge on any atom is -0.362 e. The molecule has 0 saturated heterocycles. The van der Waals surface area contributed by atoms with Crippen LogP contribution < -0.4 is 5.32 Å². The molecule has 0 aliphatic rings. The highest BCUT2D eigenvalue weighted by molar-refractivity contribution is 5.29. The molecule has 2 rings (SSSR count). The smallest absolute Gasteiger partial charge is 0.191 e. The maximum atomic E-state index is 4.42. The van der Waals surface area contributed by atoms with Gasteiger partial charge < -0.3 is 5.32 Å². The maximum absolute atomic E-state index is 4.42. The quantitative estimate of drug-likeness (QED) is 0.758. The minimum absolute atomic E-state index is 0.629. The molecule has 0 atom stereocenters. The van der Waals surface area contributed by atoms with Crippen LogP contribution in [0.5, 0.6) is 0 Å². The summed E-state index contributed by atoms with van der Waals surface area (Å²) in [5.41, 5.74) is 1.09. The Morgan fingerprint density at radius 1 is 1.38 bits per heavy atom. The third-order valence-corrected chi connectivity index (χ3v) is 1.56. The normalized spacial score (nSPS) is 9.85. The first kappa shape index (κ1) is 7.72. The molecule has 0 spiro atoms. The summed E-state index contributed by atoms with van der Waals surface area (Å²) in [5, 5.41) is 10.1. The van der Waals surface area contributed by atoms with Crippen molar-refractivity contribution in [1.29, 1.82) is 0 Å². The number of aromatic nitrogens is 3. The Morgan fingerprint density at radius 3 is 3.08 bits per heavy atom. The van der Waals surface area contributed by atoms with Gasteiger partial charge in [0.25, 0.3) is 0 Å². The molecule has 0 aromatic carbocycles. The lowest BCUT2D eigenvalue weighted by Gasteiger charge is -1.99. The molecule has 2 aromatic rings. The van der Waals surface area contributed by atoms with Gasteiger partial charge in [0.05, 0.1) is 0 Å². The van der Waals surface area contributed by atoms with Crippen LogP contribution in [0.25, 0.3) is 0 Å². The van der Waals surface area contributed by atoms with Crippen LogP contribution in [0.1, 0.15) is 5.56 Å². The zero-order valence-corrected chi connectivity index (χ0v) is 6.84. The molecule has 0 aliphatic heterocycles. The van der Waals surface area contributed by atoms with Gasteiger partial charge in [0.1, 0.15) is 6.20 Å². The van der Waals surface area contributed by atoms with Crippen LogP contribution in [0.4, 0.5) is 5.82 Å². The molecule has 13 heavy (non-hydrogen) atoms. The molecule has 0 bridgehead atoms. The standard InChI is InChI=1S/C8H8N4O/c1-2-7(4-9-3-1)5-10-8-6-11-13-12-8/h1-4,6H,5H2,(H,10,12). The molecule has 5 heteroatoms. The average molecular weight is 176 g/mol.